The van der Waals surface area contributed by atoms with Crippen LogP contribution in [0.3, 0.4) is 0 Å². The van der Waals surface area contributed by atoms with E-state index in [1.54, 1.807) is 0 Å². The van der Waals surface area contributed by atoms with Crippen LogP contribution in [0.25, 0.3) is 69.8 Å². The minimum absolute atomic E-state index is 0. The molecule has 0 atom stereocenters. The van der Waals surface area contributed by atoms with E-state index in [4.69, 9.17) is 0 Å². The fourth-order valence-corrected chi connectivity index (χ4v) is 5.73. The predicted octanol–water partition coefficient (Wildman–Crippen LogP) is 0.906. The van der Waals surface area contributed by atoms with Crippen LogP contribution in [0.5, 0.6) is 0 Å². The Morgan fingerprint density at radius 2 is 0.674 bits per heavy atom. The molecule has 0 amide bonds. The van der Waals surface area contributed by atoms with Crippen molar-refractivity contribution in [2.45, 2.75) is 0 Å². The van der Waals surface area contributed by atoms with Crippen molar-refractivity contribution in [1.82, 2.24) is 0 Å². The van der Waals surface area contributed by atoms with Crippen molar-refractivity contribution < 1.29 is 51.0 Å². The van der Waals surface area contributed by atoms with Gasteiger partial charge in [-0.1, -0.05) is 132 Å². The van der Waals surface area contributed by atoms with Gasteiger partial charge in [0, 0.05) is 0 Å². The van der Waals surface area contributed by atoms with Crippen LogP contribution in [-0.4, -0.2) is 0 Å². The van der Waals surface area contributed by atoms with Crippen molar-refractivity contribution in [1.29, 1.82) is 0 Å². The molecule has 204 valence electrons. The van der Waals surface area contributed by atoms with Gasteiger partial charge in [0.05, 0.1) is 0 Å². The Morgan fingerprint density at radius 1 is 0.349 bits per heavy atom. The van der Waals surface area contributed by atoms with Crippen molar-refractivity contribution in [2.75, 3.05) is 0 Å². The van der Waals surface area contributed by atoms with Gasteiger partial charge in [0.25, 0.3) is 0 Å². The Balaban J connectivity index is 0.000000184. The monoisotopic (exact) mass is 666 g/mol. The summed E-state index contributed by atoms with van der Waals surface area (Å²) >= 11 is 0. The van der Waals surface area contributed by atoms with Gasteiger partial charge < -0.3 is 24.8 Å². The third kappa shape index (κ3) is 5.91. The fourth-order valence-electron chi connectivity index (χ4n) is 5.73. The average Bonchev–Trinajstić information content (AvgIpc) is 3.59. The Morgan fingerprint density at radius 3 is 1.07 bits per heavy atom. The minimum Gasteiger partial charge on any atom is -1.00 e. The Bertz CT molecular complexity index is 1980. The van der Waals surface area contributed by atoms with E-state index in [9.17, 15) is 0 Å². The summed E-state index contributed by atoms with van der Waals surface area (Å²) in [6.07, 6.45) is 6.99. The summed E-state index contributed by atoms with van der Waals surface area (Å²) in [4.78, 5) is 0. The molecule has 0 fully saturated rings. The van der Waals surface area contributed by atoms with Gasteiger partial charge in [-0.15, -0.1) is 81.3 Å². The molecule has 0 unspecified atom stereocenters. The molecular weight excluding hydrogens is 643 g/mol. The Hall–Kier alpha value is -3.74. The maximum atomic E-state index is 4.29. The molecule has 0 nitrogen and oxygen atoms in total. The van der Waals surface area contributed by atoms with E-state index in [0.29, 0.717) is 0 Å². The number of hydrogen-bond donors (Lipinski definition) is 0. The van der Waals surface area contributed by atoms with E-state index in [0.717, 1.165) is 32.0 Å². The van der Waals surface area contributed by atoms with E-state index < -0.39 is 0 Å². The van der Waals surface area contributed by atoms with Crippen LogP contribution >= 0.6 is 0 Å². The van der Waals surface area contributed by atoms with E-state index in [1.165, 1.54) is 44.5 Å². The molecule has 0 heterocycles. The Labute approximate surface area is 284 Å². The molecule has 0 aliphatic heterocycles. The van der Waals surface area contributed by atoms with Crippen molar-refractivity contribution in [3.05, 3.63) is 165 Å². The van der Waals surface area contributed by atoms with Gasteiger partial charge in [-0.3, -0.25) is 0 Å². The average molecular weight is 669 g/mol. The fraction of sp³-hybridized carbons (Fsp3) is 0. The third-order valence-corrected chi connectivity index (χ3v) is 7.75. The van der Waals surface area contributed by atoms with E-state index in [-0.39, 0.29) is 51.0 Å². The maximum Gasteiger partial charge on any atom is 4.00 e. The van der Waals surface area contributed by atoms with E-state index in [1.807, 2.05) is 12.1 Å². The summed E-state index contributed by atoms with van der Waals surface area (Å²) in [5.41, 5.74) is 12.1. The summed E-state index contributed by atoms with van der Waals surface area (Å²) in [5, 5.41) is 4.38. The molecule has 0 saturated heterocycles. The molecule has 6 aromatic carbocycles. The van der Waals surface area contributed by atoms with Gasteiger partial charge in [-0.05, 0) is 22.3 Å². The topological polar surface area (TPSA) is 0 Å². The van der Waals surface area contributed by atoms with Crippen LogP contribution in [0.2, 0.25) is 0 Å². The zero-order valence-electron chi connectivity index (χ0n) is 23.4. The largest absolute Gasteiger partial charge is 4.00 e. The molecule has 2 aliphatic carbocycles. The smallest absolute Gasteiger partial charge is 1.00 e. The molecule has 0 N–H and O–H groups in total. The molecule has 3 heteroatoms. The number of halogens is 2. The van der Waals surface area contributed by atoms with Crippen LogP contribution < -0.4 is 45.7 Å². The first-order valence-corrected chi connectivity index (χ1v) is 13.5. The first kappa shape index (κ1) is 32.2. The van der Waals surface area contributed by atoms with Gasteiger partial charge in [-0.2, -0.15) is 0 Å². The Kier molecular flexibility index (Phi) is 10.3. The second kappa shape index (κ2) is 13.7. The quantitative estimate of drug-likeness (QED) is 0.241. The van der Waals surface area contributed by atoms with Crippen LogP contribution in [0, 0.1) is 0 Å². The van der Waals surface area contributed by atoms with Gasteiger partial charge in [0.1, 0.15) is 0 Å². The van der Waals surface area contributed by atoms with Crippen molar-refractivity contribution in [3.63, 3.8) is 0 Å². The van der Waals surface area contributed by atoms with Crippen molar-refractivity contribution >= 4 is 25.3 Å². The SMILES string of the molecule is C=c1c(-c2ccccc2)ccc2c1=[C-]c1ccccc1-2.C=c1c(-c2ccccc2)ccc2c1=[C-]c1ccccc1-2.[Cl-].[Cl-].[Zr+4]. The van der Waals surface area contributed by atoms with Gasteiger partial charge in [0.15, 0.2) is 0 Å². The zero-order chi connectivity index (χ0) is 27.1. The molecule has 0 bridgehead atoms. The second-order valence-corrected chi connectivity index (χ2v) is 10.1. The number of rotatable bonds is 2. The summed E-state index contributed by atoms with van der Waals surface area (Å²) in [6.45, 7) is 8.58. The molecule has 8 rings (SSSR count). The molecule has 43 heavy (non-hydrogen) atoms. The van der Waals surface area contributed by atoms with Gasteiger partial charge in [0.2, 0.25) is 0 Å². The van der Waals surface area contributed by atoms with Crippen molar-refractivity contribution in [2.24, 2.45) is 0 Å². The maximum absolute atomic E-state index is 4.29. The first-order valence-electron chi connectivity index (χ1n) is 13.5. The zero-order valence-corrected chi connectivity index (χ0v) is 27.3. The normalized spacial score (nSPS) is 10.8. The van der Waals surface area contributed by atoms with Crippen LogP contribution in [0.15, 0.2) is 133 Å². The second-order valence-electron chi connectivity index (χ2n) is 10.1. The molecule has 0 radical (unpaired) electrons. The minimum atomic E-state index is 0. The number of fused-ring (bicyclic) bond motifs is 6. The van der Waals surface area contributed by atoms with Gasteiger partial charge >= 0.3 is 26.2 Å². The van der Waals surface area contributed by atoms with Crippen LogP contribution in [0.4, 0.5) is 0 Å². The molecule has 2 aliphatic rings. The van der Waals surface area contributed by atoms with Gasteiger partial charge in [-0.25, -0.2) is 0 Å². The number of benzene rings is 6. The first-order chi connectivity index (χ1) is 19.7. The van der Waals surface area contributed by atoms with E-state index >= 15 is 0 Å². The van der Waals surface area contributed by atoms with E-state index in [2.05, 4.69) is 147 Å². The molecular formula is C40H26Cl2Zr. The molecule has 0 saturated carbocycles. The summed E-state index contributed by atoms with van der Waals surface area (Å²) in [6, 6.07) is 46.3. The predicted molar refractivity (Wildman–Crippen MR) is 169 cm³/mol. The molecule has 0 aromatic heterocycles. The van der Waals surface area contributed by atoms with Crippen molar-refractivity contribution in [3.8, 4) is 44.5 Å². The standard InChI is InChI=1S/2C20H13.2ClH.Zr/c2*1-14-17(15-7-3-2-4-8-15)11-12-19-18-10-6-5-9-16(18)13-20(14)19;;;/h2*2-12H,1H2;2*1H;/q2*-1;;;+4/p-2. The number of hydrogen-bond acceptors (Lipinski definition) is 0. The summed E-state index contributed by atoms with van der Waals surface area (Å²) < 4.78 is 0. The van der Waals surface area contributed by atoms with Crippen LogP contribution in [0.1, 0.15) is 11.1 Å². The molecule has 6 aromatic rings. The van der Waals surface area contributed by atoms with Crippen LogP contribution in [-0.2, 0) is 26.2 Å². The molecule has 0 spiro atoms. The summed E-state index contributed by atoms with van der Waals surface area (Å²) in [5.74, 6) is 0. The summed E-state index contributed by atoms with van der Waals surface area (Å²) in [7, 11) is 0. The third-order valence-electron chi connectivity index (χ3n) is 7.75.